The van der Waals surface area contributed by atoms with Crippen molar-refractivity contribution >= 4 is 30.2 Å². The van der Waals surface area contributed by atoms with Crippen LogP contribution in [0.5, 0.6) is 0 Å². The first-order chi connectivity index (χ1) is 13.5. The van der Waals surface area contributed by atoms with Crippen molar-refractivity contribution in [2.75, 3.05) is 23.7 Å². The lowest BCUT2D eigenvalue weighted by Gasteiger charge is -2.30. The van der Waals surface area contributed by atoms with Crippen molar-refractivity contribution in [3.8, 4) is 0 Å². The van der Waals surface area contributed by atoms with Crippen LogP contribution in [0, 0.1) is 0 Å². The second kappa shape index (κ2) is 10.2. The highest BCUT2D eigenvalue weighted by atomic mass is 16.2. The molecule has 1 saturated heterocycles. The molecule has 1 aromatic rings. The lowest BCUT2D eigenvalue weighted by molar-refractivity contribution is -0.127. The van der Waals surface area contributed by atoms with Gasteiger partial charge in [-0.05, 0) is 32.8 Å². The second-order valence-corrected chi connectivity index (χ2v) is 6.72. The van der Waals surface area contributed by atoms with Gasteiger partial charge in [-0.3, -0.25) is 14.6 Å². The van der Waals surface area contributed by atoms with Gasteiger partial charge in [0, 0.05) is 37.7 Å². The number of nitrogens with two attached hydrogens (primary N) is 1. The molecule has 1 unspecified atom stereocenters. The van der Waals surface area contributed by atoms with E-state index >= 15 is 0 Å². The molecule has 4 N–H and O–H groups in total. The van der Waals surface area contributed by atoms with Crippen molar-refractivity contribution in [3.05, 3.63) is 36.3 Å². The molecule has 9 nitrogen and oxygen atoms in total. The molecule has 1 aliphatic rings. The molecule has 2 rings (SSSR count). The molecule has 0 aromatic carbocycles. The lowest BCUT2D eigenvalue weighted by atomic mass is 10.1. The molecule has 1 fully saturated rings. The van der Waals surface area contributed by atoms with Gasteiger partial charge >= 0.3 is 0 Å². The van der Waals surface area contributed by atoms with Gasteiger partial charge in [0.2, 0.25) is 11.9 Å². The summed E-state index contributed by atoms with van der Waals surface area (Å²) in [5, 5.41) is 6.10. The van der Waals surface area contributed by atoms with Crippen LogP contribution in [-0.2, 0) is 4.79 Å². The number of nitrogens with zero attached hydrogens (tertiary/aromatic N) is 4. The molecule has 2 heterocycles. The van der Waals surface area contributed by atoms with Gasteiger partial charge in [0.1, 0.15) is 5.82 Å². The number of aromatic nitrogens is 2. The van der Waals surface area contributed by atoms with Crippen LogP contribution < -0.4 is 16.4 Å². The zero-order valence-electron chi connectivity index (χ0n) is 16.3. The SMILES string of the molecule is C=CC(=O)N1CCCC(N=CC(=CN)Nc2ncc(C=O)c(NC(C)C)n2)C1. The van der Waals surface area contributed by atoms with Crippen LogP contribution in [0.3, 0.4) is 0 Å². The van der Waals surface area contributed by atoms with Crippen molar-refractivity contribution in [1.82, 2.24) is 14.9 Å². The maximum absolute atomic E-state index is 11.8. The monoisotopic (exact) mass is 385 g/mol. The van der Waals surface area contributed by atoms with Crippen molar-refractivity contribution in [3.63, 3.8) is 0 Å². The highest BCUT2D eigenvalue weighted by molar-refractivity contribution is 5.87. The van der Waals surface area contributed by atoms with E-state index in [0.717, 1.165) is 19.4 Å². The minimum Gasteiger partial charge on any atom is -0.403 e. The highest BCUT2D eigenvalue weighted by Gasteiger charge is 2.21. The van der Waals surface area contributed by atoms with Gasteiger partial charge in [-0.2, -0.15) is 4.98 Å². The third-order valence-corrected chi connectivity index (χ3v) is 4.11. The second-order valence-electron chi connectivity index (χ2n) is 6.72. The molecular formula is C19H27N7O2. The predicted octanol–water partition coefficient (Wildman–Crippen LogP) is 1.57. The first kappa shape index (κ1) is 21.1. The van der Waals surface area contributed by atoms with Gasteiger partial charge < -0.3 is 21.3 Å². The van der Waals surface area contributed by atoms with Crippen molar-refractivity contribution in [1.29, 1.82) is 0 Å². The number of carbonyl (C=O) groups excluding carboxylic acids is 2. The zero-order valence-corrected chi connectivity index (χ0v) is 16.3. The molecule has 0 bridgehead atoms. The van der Waals surface area contributed by atoms with E-state index in [0.29, 0.717) is 35.9 Å². The largest absolute Gasteiger partial charge is 0.403 e. The Morgan fingerprint density at radius 1 is 1.50 bits per heavy atom. The molecule has 1 aromatic heterocycles. The molecule has 9 heteroatoms. The number of allylic oxidation sites excluding steroid dienone is 1. The van der Waals surface area contributed by atoms with Crippen LogP contribution in [0.1, 0.15) is 37.0 Å². The van der Waals surface area contributed by atoms with Gasteiger partial charge in [-0.15, -0.1) is 0 Å². The topological polar surface area (TPSA) is 126 Å². The number of amides is 1. The first-order valence-corrected chi connectivity index (χ1v) is 9.19. The van der Waals surface area contributed by atoms with E-state index < -0.39 is 0 Å². The Kier molecular flexibility index (Phi) is 7.67. The fourth-order valence-electron chi connectivity index (χ4n) is 2.76. The predicted molar refractivity (Wildman–Crippen MR) is 110 cm³/mol. The highest BCUT2D eigenvalue weighted by Crippen LogP contribution is 2.15. The summed E-state index contributed by atoms with van der Waals surface area (Å²) < 4.78 is 0. The van der Waals surface area contributed by atoms with Gasteiger partial charge in [0.25, 0.3) is 0 Å². The summed E-state index contributed by atoms with van der Waals surface area (Å²) in [5.74, 6) is 0.659. The Hall–Kier alpha value is -3.23. The number of carbonyl (C=O) groups is 2. The maximum Gasteiger partial charge on any atom is 0.246 e. The van der Waals surface area contributed by atoms with Gasteiger partial charge in [0.05, 0.1) is 17.3 Å². The van der Waals surface area contributed by atoms with Crippen molar-refractivity contribution in [2.24, 2.45) is 10.7 Å². The Morgan fingerprint density at radius 2 is 2.29 bits per heavy atom. The number of likely N-dealkylation sites (tertiary alicyclic amines) is 1. The third-order valence-electron chi connectivity index (χ3n) is 4.11. The molecule has 0 spiro atoms. The molecular weight excluding hydrogens is 358 g/mol. The molecule has 1 amide bonds. The standard InChI is InChI=1S/C19H27N7O2/c1-4-17(28)26-7-5-6-15(11-26)21-10-16(8-20)24-19-22-9-14(12-27)18(25-19)23-13(2)3/h4,8-10,12-13,15H,1,5-7,11,20H2,2-3H3,(H2,22,23,24,25). The lowest BCUT2D eigenvalue weighted by Crippen LogP contribution is -2.40. The quantitative estimate of drug-likeness (QED) is 0.352. The summed E-state index contributed by atoms with van der Waals surface area (Å²) >= 11 is 0. The molecule has 1 aliphatic heterocycles. The smallest absolute Gasteiger partial charge is 0.246 e. The Morgan fingerprint density at radius 3 is 2.93 bits per heavy atom. The average Bonchev–Trinajstić information content (AvgIpc) is 2.70. The van der Waals surface area contributed by atoms with Crippen molar-refractivity contribution < 1.29 is 9.59 Å². The number of aldehydes is 1. The van der Waals surface area contributed by atoms with E-state index in [-0.39, 0.29) is 18.0 Å². The number of anilines is 2. The average molecular weight is 385 g/mol. The van der Waals surface area contributed by atoms with E-state index in [4.69, 9.17) is 5.73 Å². The number of nitrogens with one attached hydrogen (secondary N) is 2. The van der Waals surface area contributed by atoms with Crippen LogP contribution in [0.2, 0.25) is 0 Å². The summed E-state index contributed by atoms with van der Waals surface area (Å²) in [6, 6.07) is 0.103. The van der Waals surface area contributed by atoms with E-state index in [1.807, 2.05) is 13.8 Å². The zero-order chi connectivity index (χ0) is 20.5. The molecule has 150 valence electrons. The molecule has 0 radical (unpaired) electrons. The molecule has 1 atom stereocenters. The minimum atomic E-state index is -0.0820. The van der Waals surface area contributed by atoms with Crippen LogP contribution in [0.25, 0.3) is 0 Å². The van der Waals surface area contributed by atoms with Gasteiger partial charge in [-0.25, -0.2) is 4.98 Å². The summed E-state index contributed by atoms with van der Waals surface area (Å²) in [6.07, 6.45) is 8.22. The van der Waals surface area contributed by atoms with E-state index in [9.17, 15) is 9.59 Å². The number of aliphatic imine (C=N–C) groups is 1. The molecule has 28 heavy (non-hydrogen) atoms. The van der Waals surface area contributed by atoms with Gasteiger partial charge in [-0.1, -0.05) is 6.58 Å². The van der Waals surface area contributed by atoms with Gasteiger partial charge in [0.15, 0.2) is 6.29 Å². The van der Waals surface area contributed by atoms with E-state index in [1.165, 1.54) is 18.5 Å². The summed E-state index contributed by atoms with van der Waals surface area (Å²) in [4.78, 5) is 37.6. The first-order valence-electron chi connectivity index (χ1n) is 9.19. The molecule has 0 aliphatic carbocycles. The van der Waals surface area contributed by atoms with Crippen LogP contribution in [-0.4, -0.2) is 58.4 Å². The van der Waals surface area contributed by atoms with Crippen LogP contribution in [0.4, 0.5) is 11.8 Å². The normalized spacial score (nSPS) is 17.6. The fourth-order valence-corrected chi connectivity index (χ4v) is 2.76. The number of hydrogen-bond donors (Lipinski definition) is 3. The van der Waals surface area contributed by atoms with E-state index in [1.54, 1.807) is 11.1 Å². The Bertz CT molecular complexity index is 774. The fraction of sp³-hybridized carbons (Fsp3) is 0.421. The minimum absolute atomic E-state index is 0.00840. The number of piperidine rings is 1. The summed E-state index contributed by atoms with van der Waals surface area (Å²) in [5.41, 5.74) is 6.58. The number of hydrogen-bond acceptors (Lipinski definition) is 8. The van der Waals surface area contributed by atoms with E-state index in [2.05, 4.69) is 32.2 Å². The van der Waals surface area contributed by atoms with Crippen molar-refractivity contribution in [2.45, 2.75) is 38.8 Å². The number of rotatable bonds is 8. The summed E-state index contributed by atoms with van der Waals surface area (Å²) in [7, 11) is 0. The maximum atomic E-state index is 11.8. The Balaban J connectivity index is 2.06. The summed E-state index contributed by atoms with van der Waals surface area (Å²) in [6.45, 7) is 8.69. The Labute approximate surface area is 164 Å². The van der Waals surface area contributed by atoms with Crippen LogP contribution >= 0.6 is 0 Å². The third kappa shape index (κ3) is 5.90. The molecule has 0 saturated carbocycles. The van der Waals surface area contributed by atoms with Crippen LogP contribution in [0.15, 0.2) is 35.7 Å².